The largest absolute Gasteiger partial charge is 0.462 e. The van der Waals surface area contributed by atoms with Gasteiger partial charge in [-0.25, -0.2) is 0 Å². The number of hydrogen-bond acceptors (Lipinski definition) is 3. The fraction of sp³-hybridized carbons (Fsp3) is 0.917. The van der Waals surface area contributed by atoms with Gasteiger partial charge in [0, 0.05) is 13.0 Å². The first kappa shape index (κ1) is 32.1. The third-order valence-electron chi connectivity index (χ3n) is 12.2. The lowest BCUT2D eigenvalue weighted by Crippen LogP contribution is -2.51. The molecule has 40 heavy (non-hydrogen) atoms. The Morgan fingerprint density at radius 3 is 2.40 bits per heavy atom. The van der Waals surface area contributed by atoms with Crippen molar-refractivity contribution in [1.82, 2.24) is 4.90 Å². The maximum atomic E-state index is 13.4. The number of ether oxygens (including phenoxy) is 1. The average molecular weight is 558 g/mol. The van der Waals surface area contributed by atoms with Crippen molar-refractivity contribution in [1.29, 1.82) is 0 Å². The zero-order valence-electron chi connectivity index (χ0n) is 28.1. The minimum Gasteiger partial charge on any atom is -0.462 e. The van der Waals surface area contributed by atoms with Gasteiger partial charge in [0.2, 0.25) is 0 Å². The Kier molecular flexibility index (Phi) is 9.93. The molecule has 4 aliphatic carbocycles. The molecule has 0 aromatic carbocycles. The van der Waals surface area contributed by atoms with E-state index >= 15 is 0 Å². The molecule has 9 atom stereocenters. The van der Waals surface area contributed by atoms with Gasteiger partial charge in [0.05, 0.1) is 27.7 Å². The molecule has 0 heterocycles. The van der Waals surface area contributed by atoms with Crippen LogP contribution in [-0.2, 0) is 9.53 Å². The van der Waals surface area contributed by atoms with E-state index in [2.05, 4.69) is 80.8 Å². The van der Waals surface area contributed by atoms with Crippen LogP contribution in [0.25, 0.3) is 0 Å². The second kappa shape index (κ2) is 12.4. The van der Waals surface area contributed by atoms with E-state index in [1.54, 1.807) is 5.57 Å². The second-order valence-electron chi connectivity index (χ2n) is 17.0. The van der Waals surface area contributed by atoms with Gasteiger partial charge in [-0.3, -0.25) is 4.79 Å². The van der Waals surface area contributed by atoms with Crippen LogP contribution in [0, 0.1) is 52.3 Å². The number of allylic oxidation sites excluding steroid dienone is 1. The van der Waals surface area contributed by atoms with Gasteiger partial charge < -0.3 is 14.1 Å². The summed E-state index contributed by atoms with van der Waals surface area (Å²) < 4.78 is 7.07. The predicted octanol–water partition coefficient (Wildman–Crippen LogP) is 7.82. The molecule has 4 rings (SSSR count). The third-order valence-corrected chi connectivity index (χ3v) is 12.2. The molecule has 0 aliphatic heterocycles. The average Bonchev–Trinajstić information content (AvgIpc) is 3.19. The topological polar surface area (TPSA) is 29.5 Å². The SMILES string of the molecule is CC(C)CCC[C@@H](C)[C@H]1CC[C@H]2[C@@H]3CC=C4C[C@@H](OC(=O)C(CN(C)C)C[N+](C)(C)C)CC[C@]4(C)[C@H]3CC[C@]12C. The minimum absolute atomic E-state index is 0.0117. The van der Waals surface area contributed by atoms with Gasteiger partial charge in [-0.15, -0.1) is 0 Å². The molecule has 0 radical (unpaired) electrons. The molecule has 1 unspecified atom stereocenters. The number of carbonyl (C=O) groups excluding carboxylic acids is 1. The van der Waals surface area contributed by atoms with Crippen molar-refractivity contribution < 1.29 is 14.0 Å². The van der Waals surface area contributed by atoms with Gasteiger partial charge in [-0.1, -0.05) is 65.5 Å². The van der Waals surface area contributed by atoms with E-state index in [9.17, 15) is 4.79 Å². The molecular weight excluding hydrogens is 492 g/mol. The van der Waals surface area contributed by atoms with Crippen molar-refractivity contribution >= 4 is 5.97 Å². The lowest BCUT2D eigenvalue weighted by atomic mass is 9.47. The lowest BCUT2D eigenvalue weighted by molar-refractivity contribution is -0.872. The van der Waals surface area contributed by atoms with E-state index in [1.165, 1.54) is 57.8 Å². The quantitative estimate of drug-likeness (QED) is 0.147. The first-order valence-electron chi connectivity index (χ1n) is 17.0. The Morgan fingerprint density at radius 1 is 1.02 bits per heavy atom. The molecule has 0 N–H and O–H groups in total. The van der Waals surface area contributed by atoms with Crippen molar-refractivity contribution in [3.8, 4) is 0 Å². The van der Waals surface area contributed by atoms with E-state index in [1.807, 2.05) is 0 Å². The molecule has 230 valence electrons. The molecule has 0 aromatic heterocycles. The Morgan fingerprint density at radius 2 is 1.75 bits per heavy atom. The van der Waals surface area contributed by atoms with Crippen molar-refractivity contribution in [3.05, 3.63) is 11.6 Å². The number of carbonyl (C=O) groups is 1. The first-order chi connectivity index (χ1) is 18.6. The highest BCUT2D eigenvalue weighted by atomic mass is 16.5. The molecule has 0 spiro atoms. The summed E-state index contributed by atoms with van der Waals surface area (Å²) in [5, 5.41) is 0. The van der Waals surface area contributed by atoms with E-state index in [0.717, 1.165) is 65.9 Å². The molecule has 0 amide bonds. The van der Waals surface area contributed by atoms with Crippen LogP contribution < -0.4 is 0 Å². The van der Waals surface area contributed by atoms with Crippen molar-refractivity contribution in [2.24, 2.45) is 52.3 Å². The second-order valence-corrected chi connectivity index (χ2v) is 17.0. The first-order valence-corrected chi connectivity index (χ1v) is 17.0. The molecule has 3 fully saturated rings. The lowest BCUT2D eigenvalue weighted by Gasteiger charge is -2.58. The number of hydrogen-bond donors (Lipinski definition) is 0. The number of fused-ring (bicyclic) bond motifs is 5. The van der Waals surface area contributed by atoms with Crippen molar-refractivity contribution in [2.45, 2.75) is 111 Å². The molecule has 0 saturated heterocycles. The smallest absolute Gasteiger partial charge is 0.316 e. The van der Waals surface area contributed by atoms with Crippen LogP contribution in [0.2, 0.25) is 0 Å². The Bertz CT molecular complexity index is 903. The van der Waals surface area contributed by atoms with Crippen LogP contribution in [0.1, 0.15) is 105 Å². The normalized spacial score (nSPS) is 37.4. The molecular formula is C36H65N2O2+. The van der Waals surface area contributed by atoms with Crippen molar-refractivity contribution in [2.75, 3.05) is 48.3 Å². The van der Waals surface area contributed by atoms with Crippen LogP contribution in [-0.4, -0.2) is 69.8 Å². The summed E-state index contributed by atoms with van der Waals surface area (Å²) in [6, 6.07) is 0. The fourth-order valence-corrected chi connectivity index (χ4v) is 10.3. The van der Waals surface area contributed by atoms with Crippen LogP contribution in [0.3, 0.4) is 0 Å². The number of rotatable bonds is 11. The highest BCUT2D eigenvalue weighted by molar-refractivity contribution is 5.73. The highest BCUT2D eigenvalue weighted by Gasteiger charge is 2.59. The standard InChI is InChI=1S/C36H65N2O2/c1-25(2)12-11-13-26(3)31-16-17-32-30-15-14-28-22-29(18-20-35(28,4)33(30)19-21-36(31,32)5)40-34(39)27(23-37(6)7)24-38(8,9)10/h14,25-27,29-33H,11-13,15-24H2,1-10H3/q+1/t26-,27?,29+,30+,31-,32+,33+,35+,36-/m1/s1. The van der Waals surface area contributed by atoms with Gasteiger partial charge >= 0.3 is 5.97 Å². The molecule has 3 saturated carbocycles. The Hall–Kier alpha value is -0.870. The van der Waals surface area contributed by atoms with Crippen LogP contribution in [0.4, 0.5) is 0 Å². The maximum absolute atomic E-state index is 13.4. The van der Waals surface area contributed by atoms with Gasteiger partial charge in [0.1, 0.15) is 12.0 Å². The van der Waals surface area contributed by atoms with Gasteiger partial charge in [-0.05, 0) is 105 Å². The zero-order valence-corrected chi connectivity index (χ0v) is 28.1. The van der Waals surface area contributed by atoms with Crippen LogP contribution in [0.5, 0.6) is 0 Å². The summed E-state index contributed by atoms with van der Waals surface area (Å²) >= 11 is 0. The Labute approximate surface area is 248 Å². The molecule has 0 aromatic rings. The Balaban J connectivity index is 1.41. The summed E-state index contributed by atoms with van der Waals surface area (Å²) in [7, 11) is 10.6. The fourth-order valence-electron chi connectivity index (χ4n) is 10.3. The van der Waals surface area contributed by atoms with Crippen molar-refractivity contribution in [3.63, 3.8) is 0 Å². The van der Waals surface area contributed by atoms with E-state index in [-0.39, 0.29) is 18.0 Å². The molecule has 4 heteroatoms. The molecule has 4 aliphatic rings. The van der Waals surface area contributed by atoms with Gasteiger partial charge in [0.25, 0.3) is 0 Å². The monoisotopic (exact) mass is 558 g/mol. The number of quaternary nitrogens is 1. The summed E-state index contributed by atoms with van der Waals surface area (Å²) in [4.78, 5) is 15.5. The van der Waals surface area contributed by atoms with Gasteiger partial charge in [0.15, 0.2) is 0 Å². The minimum atomic E-state index is -0.0767. The number of nitrogens with zero attached hydrogens (tertiary/aromatic N) is 2. The summed E-state index contributed by atoms with van der Waals surface area (Å²) in [5.41, 5.74) is 2.47. The van der Waals surface area contributed by atoms with E-state index in [0.29, 0.717) is 10.8 Å². The third kappa shape index (κ3) is 6.85. The maximum Gasteiger partial charge on any atom is 0.316 e. The highest BCUT2D eigenvalue weighted by Crippen LogP contribution is 2.67. The van der Waals surface area contributed by atoms with E-state index in [4.69, 9.17) is 4.74 Å². The summed E-state index contributed by atoms with van der Waals surface area (Å²) in [6.45, 7) is 14.2. The summed E-state index contributed by atoms with van der Waals surface area (Å²) in [5.74, 6) is 5.13. The predicted molar refractivity (Wildman–Crippen MR) is 168 cm³/mol. The van der Waals surface area contributed by atoms with Crippen LogP contribution >= 0.6 is 0 Å². The van der Waals surface area contributed by atoms with Crippen LogP contribution in [0.15, 0.2) is 11.6 Å². The number of esters is 1. The molecule has 4 nitrogen and oxygen atoms in total. The molecule has 0 bridgehead atoms. The van der Waals surface area contributed by atoms with E-state index < -0.39 is 0 Å². The summed E-state index contributed by atoms with van der Waals surface area (Å²) in [6.07, 6.45) is 17.1. The van der Waals surface area contributed by atoms with Gasteiger partial charge in [-0.2, -0.15) is 0 Å². The zero-order chi connectivity index (χ0) is 29.5.